The van der Waals surface area contributed by atoms with Crippen LogP contribution < -0.4 is 10.9 Å². The zero-order chi connectivity index (χ0) is 17.6. The number of nitrogens with one attached hydrogen (secondary N) is 2. The number of rotatable bonds is 2. The molecule has 0 radical (unpaired) electrons. The van der Waals surface area contributed by atoms with Crippen molar-refractivity contribution in [2.45, 2.75) is 39.2 Å². The summed E-state index contributed by atoms with van der Waals surface area (Å²) in [7, 11) is 0. The van der Waals surface area contributed by atoms with Crippen molar-refractivity contribution in [2.75, 3.05) is 5.32 Å². The van der Waals surface area contributed by atoms with E-state index in [1.807, 2.05) is 18.3 Å². The third kappa shape index (κ3) is 2.44. The number of pyridine rings is 2. The average Bonchev–Trinajstić information content (AvgIpc) is 2.56. The molecule has 0 aliphatic heterocycles. The number of H-pyrrole nitrogens is 1. The number of aromatic nitrogens is 2. The molecule has 0 unspecified atom stereocenters. The highest BCUT2D eigenvalue weighted by Gasteiger charge is 2.47. The topological polar surface area (TPSA) is 57.8 Å². The highest BCUT2D eigenvalue weighted by molar-refractivity contribution is 5.58. The highest BCUT2D eigenvalue weighted by Crippen LogP contribution is 2.51. The first-order valence-corrected chi connectivity index (χ1v) is 8.80. The number of aryl methyl sites for hydroxylation is 1. The van der Waals surface area contributed by atoms with Gasteiger partial charge in [-0.2, -0.15) is 0 Å². The van der Waals surface area contributed by atoms with Gasteiger partial charge in [-0.05, 0) is 56.9 Å². The summed E-state index contributed by atoms with van der Waals surface area (Å²) in [6, 6.07) is 7.64. The molecule has 0 aromatic carbocycles. The van der Waals surface area contributed by atoms with Gasteiger partial charge in [0, 0.05) is 29.4 Å². The lowest BCUT2D eigenvalue weighted by Crippen LogP contribution is -2.47. The maximum atomic E-state index is 11.9. The average molecular weight is 333 g/mol. The number of hydrogen-bond acceptors (Lipinski definition) is 3. The van der Waals surface area contributed by atoms with Gasteiger partial charge in [-0.3, -0.25) is 4.79 Å². The van der Waals surface area contributed by atoms with Crippen LogP contribution in [0.3, 0.4) is 0 Å². The predicted octanol–water partition coefficient (Wildman–Crippen LogP) is 3.85. The van der Waals surface area contributed by atoms with E-state index in [1.54, 1.807) is 6.07 Å². The van der Waals surface area contributed by atoms with Gasteiger partial charge in [-0.1, -0.05) is 23.8 Å². The standard InChI is InChI=1S/C21H23N3O/c1-4-16-15-10-13(2)12-21(16,24-20-14(3)6-5-9-22-20)17-7-8-19(25)23-18(17)11-15/h4-10,15H,11-12H2,1-3H3,(H,22,24)(H,23,25)/b16-4+/t15-,21+/m0/s1. The minimum absolute atomic E-state index is 0.0365. The van der Waals surface area contributed by atoms with Gasteiger partial charge in [0.25, 0.3) is 0 Å². The first kappa shape index (κ1) is 15.9. The van der Waals surface area contributed by atoms with Crippen LogP contribution >= 0.6 is 0 Å². The lowest BCUT2D eigenvalue weighted by molar-refractivity contribution is 0.438. The van der Waals surface area contributed by atoms with Crippen molar-refractivity contribution in [2.24, 2.45) is 5.92 Å². The zero-order valence-corrected chi connectivity index (χ0v) is 14.9. The van der Waals surface area contributed by atoms with E-state index in [0.717, 1.165) is 35.5 Å². The fraction of sp³-hybridized carbons (Fsp3) is 0.333. The number of aromatic amines is 1. The molecule has 128 valence electrons. The second-order valence-electron chi connectivity index (χ2n) is 7.16. The summed E-state index contributed by atoms with van der Waals surface area (Å²) in [5.41, 5.74) is 5.66. The van der Waals surface area contributed by atoms with E-state index in [4.69, 9.17) is 0 Å². The molecule has 2 aromatic heterocycles. The lowest BCUT2D eigenvalue weighted by atomic mass is 9.63. The van der Waals surface area contributed by atoms with Crippen molar-refractivity contribution < 1.29 is 0 Å². The first-order chi connectivity index (χ1) is 12.0. The van der Waals surface area contributed by atoms with Crippen LogP contribution in [0.5, 0.6) is 0 Å². The molecule has 4 heteroatoms. The Hall–Kier alpha value is -2.62. The predicted molar refractivity (Wildman–Crippen MR) is 101 cm³/mol. The Labute approximate surface area is 147 Å². The molecule has 2 N–H and O–H groups in total. The number of anilines is 1. The van der Waals surface area contributed by atoms with Gasteiger partial charge in [0.1, 0.15) is 5.82 Å². The van der Waals surface area contributed by atoms with E-state index in [1.165, 1.54) is 11.1 Å². The molecule has 0 saturated carbocycles. The first-order valence-electron chi connectivity index (χ1n) is 8.80. The van der Waals surface area contributed by atoms with Gasteiger partial charge in [0.15, 0.2) is 0 Å². The Morgan fingerprint density at radius 1 is 1.32 bits per heavy atom. The molecule has 2 aliphatic carbocycles. The molecule has 0 spiro atoms. The summed E-state index contributed by atoms with van der Waals surface area (Å²) in [4.78, 5) is 19.5. The van der Waals surface area contributed by atoms with Crippen molar-refractivity contribution in [3.63, 3.8) is 0 Å². The van der Waals surface area contributed by atoms with Gasteiger partial charge in [-0.15, -0.1) is 0 Å². The summed E-state index contributed by atoms with van der Waals surface area (Å²) in [6.45, 7) is 6.37. The molecule has 25 heavy (non-hydrogen) atoms. The molecule has 2 heterocycles. The third-order valence-corrected chi connectivity index (χ3v) is 5.46. The molecular weight excluding hydrogens is 310 g/mol. The monoisotopic (exact) mass is 333 g/mol. The third-order valence-electron chi connectivity index (χ3n) is 5.46. The van der Waals surface area contributed by atoms with E-state index >= 15 is 0 Å². The summed E-state index contributed by atoms with van der Waals surface area (Å²) in [5, 5.41) is 3.76. The summed E-state index contributed by atoms with van der Waals surface area (Å²) >= 11 is 0. The van der Waals surface area contributed by atoms with E-state index < -0.39 is 0 Å². The van der Waals surface area contributed by atoms with Gasteiger partial charge >= 0.3 is 0 Å². The summed E-state index contributed by atoms with van der Waals surface area (Å²) in [5.74, 6) is 1.20. The van der Waals surface area contributed by atoms with Crippen LogP contribution in [0.1, 0.15) is 37.1 Å². The minimum Gasteiger partial charge on any atom is -0.356 e. The second-order valence-corrected chi connectivity index (χ2v) is 7.16. The van der Waals surface area contributed by atoms with Crippen molar-refractivity contribution in [3.05, 3.63) is 80.9 Å². The fourth-order valence-electron chi connectivity index (χ4n) is 4.51. The fourth-order valence-corrected chi connectivity index (χ4v) is 4.51. The maximum Gasteiger partial charge on any atom is 0.248 e. The zero-order valence-electron chi connectivity index (χ0n) is 14.9. The molecule has 2 aromatic rings. The van der Waals surface area contributed by atoms with Crippen molar-refractivity contribution in [3.8, 4) is 0 Å². The molecule has 2 aliphatic rings. The van der Waals surface area contributed by atoms with Crippen molar-refractivity contribution >= 4 is 5.82 Å². The Bertz CT molecular complexity index is 954. The summed E-state index contributed by atoms with van der Waals surface area (Å²) in [6.07, 6.45) is 8.11. The second kappa shape index (κ2) is 5.73. The van der Waals surface area contributed by atoms with Crippen LogP contribution in [-0.4, -0.2) is 9.97 Å². The lowest BCUT2D eigenvalue weighted by Gasteiger charge is -2.48. The molecule has 2 bridgehead atoms. The molecule has 0 fully saturated rings. The quantitative estimate of drug-likeness (QED) is 0.821. The van der Waals surface area contributed by atoms with Crippen LogP contribution in [0.2, 0.25) is 0 Å². The number of nitrogens with zero attached hydrogens (tertiary/aromatic N) is 1. The van der Waals surface area contributed by atoms with E-state index in [-0.39, 0.29) is 11.1 Å². The normalized spacial score (nSPS) is 26.1. The van der Waals surface area contributed by atoms with Gasteiger partial charge < -0.3 is 10.3 Å². The summed E-state index contributed by atoms with van der Waals surface area (Å²) < 4.78 is 0. The SMILES string of the molecule is C/C=C1\[C@H]2C=C(C)C[C@]1(Nc1ncccc1C)c1ccc(=O)[nH]c1C2. The van der Waals surface area contributed by atoms with Gasteiger partial charge in [0.2, 0.25) is 5.56 Å². The van der Waals surface area contributed by atoms with Crippen molar-refractivity contribution in [1.82, 2.24) is 9.97 Å². The molecular formula is C21H23N3O. The molecule has 4 nitrogen and oxygen atoms in total. The van der Waals surface area contributed by atoms with Crippen LogP contribution in [0.15, 0.2) is 58.6 Å². The Morgan fingerprint density at radius 2 is 2.16 bits per heavy atom. The van der Waals surface area contributed by atoms with E-state index in [2.05, 4.69) is 54.3 Å². The number of hydrogen-bond donors (Lipinski definition) is 2. The Morgan fingerprint density at radius 3 is 2.92 bits per heavy atom. The van der Waals surface area contributed by atoms with Gasteiger partial charge in [-0.25, -0.2) is 4.98 Å². The Balaban J connectivity index is 1.96. The molecule has 2 atom stereocenters. The number of allylic oxidation sites excluding steroid dienone is 2. The van der Waals surface area contributed by atoms with Crippen LogP contribution in [-0.2, 0) is 12.0 Å². The largest absolute Gasteiger partial charge is 0.356 e. The number of fused-ring (bicyclic) bond motifs is 4. The maximum absolute atomic E-state index is 11.9. The van der Waals surface area contributed by atoms with Crippen LogP contribution in [0.25, 0.3) is 0 Å². The highest BCUT2D eigenvalue weighted by atomic mass is 16.1. The smallest absolute Gasteiger partial charge is 0.248 e. The molecule has 0 saturated heterocycles. The van der Waals surface area contributed by atoms with Crippen molar-refractivity contribution in [1.29, 1.82) is 0 Å². The van der Waals surface area contributed by atoms with Crippen LogP contribution in [0, 0.1) is 12.8 Å². The molecule has 4 rings (SSSR count). The van der Waals surface area contributed by atoms with E-state index in [9.17, 15) is 4.79 Å². The van der Waals surface area contributed by atoms with Gasteiger partial charge in [0.05, 0.1) is 5.54 Å². The Kier molecular flexibility index (Phi) is 3.64. The molecule has 0 amide bonds. The minimum atomic E-state index is -0.352. The van der Waals surface area contributed by atoms with Crippen LogP contribution in [0.4, 0.5) is 5.82 Å². The van der Waals surface area contributed by atoms with E-state index in [0.29, 0.717) is 5.92 Å².